The standard InChI is InChI=1S/C16H24N4O3/c21-14(8-13-10-22-7-5-17-13)20-6-1-2-12(9-20)15-18-16(23-19-15)11-3-4-11/h11-13,17H,1-10H2. The van der Waals surface area contributed by atoms with Gasteiger partial charge in [-0.15, -0.1) is 0 Å². The topological polar surface area (TPSA) is 80.5 Å². The Morgan fingerprint density at radius 3 is 3.00 bits per heavy atom. The van der Waals surface area contributed by atoms with Gasteiger partial charge in [-0.25, -0.2) is 0 Å². The van der Waals surface area contributed by atoms with Gasteiger partial charge in [-0.2, -0.15) is 4.98 Å². The van der Waals surface area contributed by atoms with Crippen molar-refractivity contribution in [3.63, 3.8) is 0 Å². The Balaban J connectivity index is 1.34. The van der Waals surface area contributed by atoms with Crippen LogP contribution in [-0.4, -0.2) is 59.8 Å². The summed E-state index contributed by atoms with van der Waals surface area (Å²) in [5.74, 6) is 2.45. The van der Waals surface area contributed by atoms with E-state index in [2.05, 4.69) is 15.5 Å². The normalized spacial score (nSPS) is 28.8. The molecule has 2 aliphatic heterocycles. The van der Waals surface area contributed by atoms with Crippen LogP contribution in [0.5, 0.6) is 0 Å². The number of carbonyl (C=O) groups excluding carboxylic acids is 1. The lowest BCUT2D eigenvalue weighted by atomic mass is 9.96. The Labute approximate surface area is 135 Å². The number of hydrogen-bond acceptors (Lipinski definition) is 6. The van der Waals surface area contributed by atoms with Gasteiger partial charge >= 0.3 is 0 Å². The number of ether oxygens (including phenoxy) is 1. The fourth-order valence-corrected chi connectivity index (χ4v) is 3.41. The largest absolute Gasteiger partial charge is 0.378 e. The second-order valence-electron chi connectivity index (χ2n) is 6.87. The van der Waals surface area contributed by atoms with Gasteiger partial charge in [-0.3, -0.25) is 4.79 Å². The van der Waals surface area contributed by atoms with Crippen LogP contribution in [0.15, 0.2) is 4.52 Å². The number of morpholine rings is 1. The van der Waals surface area contributed by atoms with E-state index in [1.165, 1.54) is 0 Å². The maximum Gasteiger partial charge on any atom is 0.229 e. The second-order valence-corrected chi connectivity index (χ2v) is 6.87. The molecule has 1 aromatic rings. The fraction of sp³-hybridized carbons (Fsp3) is 0.812. The van der Waals surface area contributed by atoms with Crippen molar-refractivity contribution in [3.05, 3.63) is 11.7 Å². The van der Waals surface area contributed by atoms with Crippen molar-refractivity contribution in [2.24, 2.45) is 0 Å². The maximum absolute atomic E-state index is 12.5. The van der Waals surface area contributed by atoms with Crippen molar-refractivity contribution in [2.75, 3.05) is 32.8 Å². The van der Waals surface area contributed by atoms with Crippen LogP contribution < -0.4 is 5.32 Å². The van der Waals surface area contributed by atoms with E-state index in [1.807, 2.05) is 4.90 Å². The number of rotatable bonds is 4. The summed E-state index contributed by atoms with van der Waals surface area (Å²) in [7, 11) is 0. The minimum absolute atomic E-state index is 0.142. The molecule has 2 unspecified atom stereocenters. The van der Waals surface area contributed by atoms with Crippen LogP contribution in [0.25, 0.3) is 0 Å². The monoisotopic (exact) mass is 320 g/mol. The molecule has 3 fully saturated rings. The van der Waals surface area contributed by atoms with Crippen molar-refractivity contribution in [1.29, 1.82) is 0 Å². The Morgan fingerprint density at radius 1 is 1.30 bits per heavy atom. The third kappa shape index (κ3) is 3.55. The van der Waals surface area contributed by atoms with Crippen LogP contribution in [-0.2, 0) is 9.53 Å². The number of piperidine rings is 1. The van der Waals surface area contributed by atoms with Crippen molar-refractivity contribution in [1.82, 2.24) is 20.4 Å². The van der Waals surface area contributed by atoms with Gasteiger partial charge in [0.15, 0.2) is 5.82 Å². The minimum atomic E-state index is 0.142. The summed E-state index contributed by atoms with van der Waals surface area (Å²) in [6.07, 6.45) is 4.85. The molecule has 1 saturated carbocycles. The van der Waals surface area contributed by atoms with Crippen molar-refractivity contribution in [3.8, 4) is 0 Å². The number of hydrogen-bond donors (Lipinski definition) is 1. The Hall–Kier alpha value is -1.47. The number of aromatic nitrogens is 2. The highest BCUT2D eigenvalue weighted by atomic mass is 16.5. The summed E-state index contributed by atoms with van der Waals surface area (Å²) in [6, 6.07) is 0.142. The quantitative estimate of drug-likeness (QED) is 0.892. The van der Waals surface area contributed by atoms with Crippen molar-refractivity contribution in [2.45, 2.75) is 50.0 Å². The van der Waals surface area contributed by atoms with Crippen LogP contribution >= 0.6 is 0 Å². The first-order valence-electron chi connectivity index (χ1n) is 8.72. The summed E-state index contributed by atoms with van der Waals surface area (Å²) in [5.41, 5.74) is 0. The van der Waals surface area contributed by atoms with Crippen LogP contribution in [0.4, 0.5) is 0 Å². The number of carbonyl (C=O) groups is 1. The van der Waals surface area contributed by atoms with Gasteiger partial charge in [-0.05, 0) is 25.7 Å². The zero-order chi connectivity index (χ0) is 15.6. The van der Waals surface area contributed by atoms with E-state index in [1.54, 1.807) is 0 Å². The summed E-state index contributed by atoms with van der Waals surface area (Å²) in [5, 5.41) is 7.50. The molecule has 2 saturated heterocycles. The maximum atomic E-state index is 12.5. The fourth-order valence-electron chi connectivity index (χ4n) is 3.41. The summed E-state index contributed by atoms with van der Waals surface area (Å²) >= 11 is 0. The minimum Gasteiger partial charge on any atom is -0.378 e. The van der Waals surface area contributed by atoms with Crippen LogP contribution in [0.1, 0.15) is 55.7 Å². The van der Waals surface area contributed by atoms with Crippen molar-refractivity contribution >= 4 is 5.91 Å². The molecule has 0 aromatic carbocycles. The van der Waals surface area contributed by atoms with E-state index in [0.29, 0.717) is 25.5 Å². The molecule has 7 heteroatoms. The Morgan fingerprint density at radius 2 is 2.22 bits per heavy atom. The Bertz CT molecular complexity index is 551. The number of amides is 1. The molecule has 1 aromatic heterocycles. The Kier molecular flexibility index (Phi) is 4.31. The highest BCUT2D eigenvalue weighted by Gasteiger charge is 2.33. The van der Waals surface area contributed by atoms with Gasteiger partial charge < -0.3 is 19.5 Å². The smallest absolute Gasteiger partial charge is 0.229 e. The zero-order valence-corrected chi connectivity index (χ0v) is 13.4. The zero-order valence-electron chi connectivity index (χ0n) is 13.4. The molecule has 3 heterocycles. The lowest BCUT2D eigenvalue weighted by Crippen LogP contribution is -2.46. The third-order valence-corrected chi connectivity index (χ3v) is 4.94. The van der Waals surface area contributed by atoms with E-state index in [9.17, 15) is 4.79 Å². The lowest BCUT2D eigenvalue weighted by Gasteiger charge is -2.33. The molecular formula is C16H24N4O3. The van der Waals surface area contributed by atoms with Gasteiger partial charge in [0.2, 0.25) is 11.8 Å². The molecular weight excluding hydrogens is 296 g/mol. The molecule has 1 amide bonds. The molecule has 4 rings (SSSR count). The van der Waals surface area contributed by atoms with E-state index < -0.39 is 0 Å². The predicted octanol–water partition coefficient (Wildman–Crippen LogP) is 1.03. The highest BCUT2D eigenvalue weighted by molar-refractivity contribution is 5.77. The summed E-state index contributed by atoms with van der Waals surface area (Å²) in [4.78, 5) is 19.0. The second kappa shape index (κ2) is 6.57. The van der Waals surface area contributed by atoms with E-state index in [0.717, 1.165) is 57.1 Å². The van der Waals surface area contributed by atoms with Gasteiger partial charge in [0.25, 0.3) is 0 Å². The molecule has 1 N–H and O–H groups in total. The molecule has 0 bridgehead atoms. The first-order valence-corrected chi connectivity index (χ1v) is 8.72. The molecule has 2 atom stereocenters. The first-order chi connectivity index (χ1) is 11.3. The van der Waals surface area contributed by atoms with Gasteiger partial charge in [0.05, 0.1) is 13.2 Å². The molecule has 3 aliphatic rings. The third-order valence-electron chi connectivity index (χ3n) is 4.94. The molecule has 126 valence electrons. The number of likely N-dealkylation sites (tertiary alicyclic amines) is 1. The summed E-state index contributed by atoms with van der Waals surface area (Å²) in [6.45, 7) is 3.72. The average Bonchev–Trinajstić information content (AvgIpc) is 3.33. The molecule has 0 radical (unpaired) electrons. The van der Waals surface area contributed by atoms with Crippen molar-refractivity contribution < 1.29 is 14.1 Å². The molecule has 1 aliphatic carbocycles. The van der Waals surface area contributed by atoms with Gasteiger partial charge in [0.1, 0.15) is 0 Å². The van der Waals surface area contributed by atoms with Crippen LogP contribution in [0.3, 0.4) is 0 Å². The van der Waals surface area contributed by atoms with Crippen LogP contribution in [0.2, 0.25) is 0 Å². The van der Waals surface area contributed by atoms with E-state index in [4.69, 9.17) is 9.26 Å². The number of nitrogens with zero attached hydrogens (tertiary/aromatic N) is 3. The first kappa shape index (κ1) is 15.1. The SMILES string of the molecule is O=C(CC1COCCN1)N1CCCC(c2noc(C3CC3)n2)C1. The van der Waals surface area contributed by atoms with E-state index in [-0.39, 0.29) is 17.9 Å². The lowest BCUT2D eigenvalue weighted by molar-refractivity contribution is -0.133. The molecule has 0 spiro atoms. The average molecular weight is 320 g/mol. The van der Waals surface area contributed by atoms with E-state index >= 15 is 0 Å². The molecule has 7 nitrogen and oxygen atoms in total. The highest BCUT2D eigenvalue weighted by Crippen LogP contribution is 2.39. The molecule has 23 heavy (non-hydrogen) atoms. The number of nitrogens with one attached hydrogen (secondary N) is 1. The van der Waals surface area contributed by atoms with Crippen LogP contribution in [0, 0.1) is 0 Å². The summed E-state index contributed by atoms with van der Waals surface area (Å²) < 4.78 is 10.8. The van der Waals surface area contributed by atoms with Gasteiger partial charge in [0, 0.05) is 43.9 Å². The predicted molar refractivity (Wildman–Crippen MR) is 82.1 cm³/mol. The van der Waals surface area contributed by atoms with Gasteiger partial charge in [-0.1, -0.05) is 5.16 Å².